The Labute approximate surface area is 90.1 Å². The Morgan fingerprint density at radius 1 is 1.36 bits per heavy atom. The van der Waals surface area contributed by atoms with E-state index in [1.54, 1.807) is 0 Å². The number of piperidine rings is 1. The van der Waals surface area contributed by atoms with Gasteiger partial charge in [-0.15, -0.1) is 12.4 Å². The highest BCUT2D eigenvalue weighted by atomic mass is 35.5. The van der Waals surface area contributed by atoms with E-state index in [0.29, 0.717) is 5.41 Å². The molecule has 2 aliphatic rings. The Bertz CT molecular complexity index is 315. The van der Waals surface area contributed by atoms with Crippen molar-refractivity contribution < 1.29 is 0 Å². The number of aromatic nitrogens is 2. The zero-order valence-corrected chi connectivity index (χ0v) is 8.99. The first-order valence-electron chi connectivity index (χ1n) is 5.14. The quantitative estimate of drug-likeness (QED) is 0.684. The highest BCUT2D eigenvalue weighted by Gasteiger charge is 2.40. The third-order valence-corrected chi connectivity index (χ3v) is 3.59. The van der Waals surface area contributed by atoms with Crippen LogP contribution in [0.4, 0.5) is 0 Å². The van der Waals surface area contributed by atoms with Crippen molar-refractivity contribution in [3.05, 3.63) is 17.5 Å². The van der Waals surface area contributed by atoms with Gasteiger partial charge in [0.1, 0.15) is 0 Å². The number of aromatic amines is 1. The molecule has 0 saturated carbocycles. The lowest BCUT2D eigenvalue weighted by atomic mass is 9.78. The molecule has 0 amide bonds. The maximum absolute atomic E-state index is 4.14. The molecule has 1 fully saturated rings. The molecule has 0 bridgehead atoms. The summed E-state index contributed by atoms with van der Waals surface area (Å²) >= 11 is 0. The van der Waals surface area contributed by atoms with Gasteiger partial charge in [-0.3, -0.25) is 5.10 Å². The lowest BCUT2D eigenvalue weighted by Crippen LogP contribution is -2.42. The summed E-state index contributed by atoms with van der Waals surface area (Å²) in [7, 11) is 0. The standard InChI is InChI=1S/C10H15N3.ClH/c1-3-10(7-11-5-1)4-2-8-6-12-13-9(8)10;/h6,11H,1-5,7H2,(H,12,13);1H. The highest BCUT2D eigenvalue weighted by Crippen LogP contribution is 2.41. The summed E-state index contributed by atoms with van der Waals surface area (Å²) in [6.07, 6.45) is 7.16. The number of nitrogens with one attached hydrogen (secondary N) is 2. The zero-order chi connectivity index (χ0) is 8.73. The van der Waals surface area contributed by atoms with Gasteiger partial charge in [0.15, 0.2) is 0 Å². The molecule has 4 heteroatoms. The van der Waals surface area contributed by atoms with E-state index in [1.165, 1.54) is 43.5 Å². The van der Waals surface area contributed by atoms with Crippen molar-refractivity contribution in [3.8, 4) is 0 Å². The van der Waals surface area contributed by atoms with Gasteiger partial charge in [-0.05, 0) is 37.8 Å². The van der Waals surface area contributed by atoms with E-state index in [-0.39, 0.29) is 12.4 Å². The summed E-state index contributed by atoms with van der Waals surface area (Å²) in [6, 6.07) is 0. The molecule has 14 heavy (non-hydrogen) atoms. The fraction of sp³-hybridized carbons (Fsp3) is 0.700. The Morgan fingerprint density at radius 3 is 3.07 bits per heavy atom. The summed E-state index contributed by atoms with van der Waals surface area (Å²) in [5.41, 5.74) is 3.27. The van der Waals surface area contributed by atoms with E-state index in [4.69, 9.17) is 0 Å². The van der Waals surface area contributed by atoms with Gasteiger partial charge >= 0.3 is 0 Å². The van der Waals surface area contributed by atoms with Crippen molar-refractivity contribution in [1.82, 2.24) is 15.5 Å². The lowest BCUT2D eigenvalue weighted by molar-refractivity contribution is 0.304. The van der Waals surface area contributed by atoms with Gasteiger partial charge in [0.2, 0.25) is 0 Å². The summed E-state index contributed by atoms with van der Waals surface area (Å²) < 4.78 is 0. The summed E-state index contributed by atoms with van der Waals surface area (Å²) in [5.74, 6) is 0. The van der Waals surface area contributed by atoms with Crippen LogP contribution < -0.4 is 5.32 Å². The van der Waals surface area contributed by atoms with E-state index in [2.05, 4.69) is 15.5 Å². The van der Waals surface area contributed by atoms with E-state index >= 15 is 0 Å². The normalized spacial score (nSPS) is 30.0. The van der Waals surface area contributed by atoms with Crippen LogP contribution in [0.15, 0.2) is 6.20 Å². The number of halogens is 1. The van der Waals surface area contributed by atoms with Gasteiger partial charge in [0, 0.05) is 17.7 Å². The second-order valence-electron chi connectivity index (χ2n) is 4.33. The predicted octanol–water partition coefficient (Wildman–Crippen LogP) is 1.40. The van der Waals surface area contributed by atoms with Crippen LogP contribution >= 0.6 is 12.4 Å². The van der Waals surface area contributed by atoms with E-state index < -0.39 is 0 Å². The Hall–Kier alpha value is -0.540. The Balaban J connectivity index is 0.000000750. The number of H-pyrrole nitrogens is 1. The molecule has 1 unspecified atom stereocenters. The third kappa shape index (κ3) is 1.27. The summed E-state index contributed by atoms with van der Waals surface area (Å²) in [5, 5.41) is 10.8. The fourth-order valence-electron chi connectivity index (χ4n) is 2.85. The minimum Gasteiger partial charge on any atom is -0.316 e. The van der Waals surface area contributed by atoms with Crippen LogP contribution in [-0.4, -0.2) is 23.3 Å². The van der Waals surface area contributed by atoms with Gasteiger partial charge in [-0.2, -0.15) is 5.10 Å². The minimum atomic E-state index is 0. The van der Waals surface area contributed by atoms with Gasteiger partial charge < -0.3 is 5.32 Å². The van der Waals surface area contributed by atoms with Crippen molar-refractivity contribution in [3.63, 3.8) is 0 Å². The molecule has 2 heterocycles. The Kier molecular flexibility index (Phi) is 2.54. The van der Waals surface area contributed by atoms with Gasteiger partial charge in [0.05, 0.1) is 6.20 Å². The van der Waals surface area contributed by atoms with Crippen LogP contribution in [0.3, 0.4) is 0 Å². The van der Waals surface area contributed by atoms with Gasteiger partial charge in [-0.25, -0.2) is 0 Å². The number of rotatable bonds is 0. The Morgan fingerprint density at radius 2 is 2.29 bits per heavy atom. The first-order valence-corrected chi connectivity index (χ1v) is 5.14. The molecule has 2 N–H and O–H groups in total. The minimum absolute atomic E-state index is 0. The molecule has 1 saturated heterocycles. The molecule has 3 nitrogen and oxygen atoms in total. The lowest BCUT2D eigenvalue weighted by Gasteiger charge is -2.33. The monoisotopic (exact) mass is 213 g/mol. The van der Waals surface area contributed by atoms with Crippen molar-refractivity contribution in [2.75, 3.05) is 13.1 Å². The average Bonchev–Trinajstić information content (AvgIpc) is 2.73. The first-order chi connectivity index (χ1) is 6.41. The predicted molar refractivity (Wildman–Crippen MR) is 57.9 cm³/mol. The molecular weight excluding hydrogens is 198 g/mol. The molecule has 0 aromatic carbocycles. The highest BCUT2D eigenvalue weighted by molar-refractivity contribution is 5.85. The number of aryl methyl sites for hydroxylation is 1. The number of fused-ring (bicyclic) bond motifs is 2. The first kappa shape index (κ1) is 9.99. The fourth-order valence-corrected chi connectivity index (χ4v) is 2.85. The van der Waals surface area contributed by atoms with E-state index in [1.807, 2.05) is 6.20 Å². The van der Waals surface area contributed by atoms with Crippen molar-refractivity contribution in [1.29, 1.82) is 0 Å². The van der Waals surface area contributed by atoms with Crippen LogP contribution in [0.5, 0.6) is 0 Å². The molecule has 1 aromatic heterocycles. The second kappa shape index (κ2) is 3.55. The molecule has 1 atom stereocenters. The van der Waals surface area contributed by atoms with Gasteiger partial charge in [-0.1, -0.05) is 0 Å². The molecular formula is C10H16ClN3. The van der Waals surface area contributed by atoms with Crippen LogP contribution in [0.2, 0.25) is 0 Å². The van der Waals surface area contributed by atoms with Gasteiger partial charge in [0.25, 0.3) is 0 Å². The summed E-state index contributed by atoms with van der Waals surface area (Å²) in [4.78, 5) is 0. The molecule has 1 aliphatic heterocycles. The van der Waals surface area contributed by atoms with E-state index in [0.717, 1.165) is 6.54 Å². The van der Waals surface area contributed by atoms with Crippen molar-refractivity contribution >= 4 is 12.4 Å². The average molecular weight is 214 g/mol. The topological polar surface area (TPSA) is 40.7 Å². The van der Waals surface area contributed by atoms with Crippen molar-refractivity contribution in [2.24, 2.45) is 0 Å². The van der Waals surface area contributed by atoms with E-state index in [9.17, 15) is 0 Å². The molecule has 78 valence electrons. The van der Waals surface area contributed by atoms with Crippen LogP contribution in [-0.2, 0) is 11.8 Å². The number of nitrogens with zero attached hydrogens (tertiary/aromatic N) is 1. The maximum Gasteiger partial charge on any atom is 0.0522 e. The number of hydrogen-bond donors (Lipinski definition) is 2. The molecule has 1 aromatic rings. The smallest absolute Gasteiger partial charge is 0.0522 e. The molecule has 3 rings (SSSR count). The molecule has 1 spiro atoms. The summed E-state index contributed by atoms with van der Waals surface area (Å²) in [6.45, 7) is 2.33. The zero-order valence-electron chi connectivity index (χ0n) is 8.18. The van der Waals surface area contributed by atoms with Crippen LogP contribution in [0.1, 0.15) is 30.5 Å². The largest absolute Gasteiger partial charge is 0.316 e. The van der Waals surface area contributed by atoms with Crippen molar-refractivity contribution in [2.45, 2.75) is 31.1 Å². The maximum atomic E-state index is 4.14. The molecule has 1 aliphatic carbocycles. The number of hydrogen-bond acceptors (Lipinski definition) is 2. The SMILES string of the molecule is Cl.c1n[nH]c2c1CCC21CCCNC1. The van der Waals surface area contributed by atoms with Crippen LogP contribution in [0.25, 0.3) is 0 Å². The second-order valence-corrected chi connectivity index (χ2v) is 4.33. The molecule has 0 radical (unpaired) electrons. The third-order valence-electron chi connectivity index (χ3n) is 3.59. The van der Waals surface area contributed by atoms with Crippen LogP contribution in [0, 0.1) is 0 Å².